The molecule has 0 amide bonds. The van der Waals surface area contributed by atoms with Crippen molar-refractivity contribution in [1.29, 1.82) is 0 Å². The number of aromatic nitrogens is 4. The monoisotopic (exact) mass is 308 g/mol. The minimum Gasteiger partial charge on any atom is -0.394 e. The van der Waals surface area contributed by atoms with Gasteiger partial charge >= 0.3 is 0 Å². The van der Waals surface area contributed by atoms with Gasteiger partial charge in [0.25, 0.3) is 0 Å². The molecular weight excluding hydrogens is 296 g/mol. The molecule has 0 radical (unpaired) electrons. The van der Waals surface area contributed by atoms with E-state index in [-0.39, 0.29) is 22.9 Å². The highest BCUT2D eigenvalue weighted by molar-refractivity contribution is 5.83. The van der Waals surface area contributed by atoms with E-state index in [0.717, 1.165) is 0 Å². The summed E-state index contributed by atoms with van der Waals surface area (Å²) in [5, 5.41) is 32.5. The molecular formula is C10H12N8O4. The molecule has 3 heterocycles. The zero-order valence-electron chi connectivity index (χ0n) is 11.1. The quantitative estimate of drug-likeness (QED) is 0.314. The Kier molecular flexibility index (Phi) is 3.52. The first-order valence-electron chi connectivity index (χ1n) is 6.24. The van der Waals surface area contributed by atoms with Gasteiger partial charge in [0.15, 0.2) is 23.2 Å². The van der Waals surface area contributed by atoms with Gasteiger partial charge in [-0.2, -0.15) is 0 Å². The number of aliphatic hydroxyl groups is 3. The molecule has 1 aliphatic heterocycles. The first-order chi connectivity index (χ1) is 10.6. The molecule has 0 bridgehead atoms. The summed E-state index contributed by atoms with van der Waals surface area (Å²) in [6.07, 6.45) is -3.65. The van der Waals surface area contributed by atoms with Gasteiger partial charge in [-0.05, 0) is 10.6 Å². The SMILES string of the molecule is [N-]=[N+]=Nc1nc2c(N)ncnc2n1[C@@H]1O[C@@H](CO)[C@@H](O)[C@H]1O. The second-order valence-electron chi connectivity index (χ2n) is 4.63. The predicted molar refractivity (Wildman–Crippen MR) is 71.6 cm³/mol. The molecule has 4 atom stereocenters. The van der Waals surface area contributed by atoms with Crippen LogP contribution in [0.3, 0.4) is 0 Å². The Morgan fingerprint density at radius 2 is 2.18 bits per heavy atom. The number of nitrogens with two attached hydrogens (primary N) is 1. The van der Waals surface area contributed by atoms with E-state index in [4.69, 9.17) is 21.1 Å². The van der Waals surface area contributed by atoms with Gasteiger partial charge in [0.05, 0.1) is 6.61 Å². The van der Waals surface area contributed by atoms with Crippen LogP contribution in [-0.2, 0) is 4.74 Å². The Balaban J connectivity index is 2.19. The van der Waals surface area contributed by atoms with E-state index >= 15 is 0 Å². The van der Waals surface area contributed by atoms with E-state index in [9.17, 15) is 10.2 Å². The lowest BCUT2D eigenvalue weighted by atomic mass is 10.1. The van der Waals surface area contributed by atoms with Crippen molar-refractivity contribution in [2.45, 2.75) is 24.5 Å². The maximum Gasteiger partial charge on any atom is 0.201 e. The summed E-state index contributed by atoms with van der Waals surface area (Å²) in [5.74, 6) is -0.0931. The van der Waals surface area contributed by atoms with E-state index in [1.165, 1.54) is 10.9 Å². The molecule has 22 heavy (non-hydrogen) atoms. The molecule has 1 aliphatic rings. The van der Waals surface area contributed by atoms with Crippen molar-refractivity contribution in [3.05, 3.63) is 16.8 Å². The number of nitrogens with zero attached hydrogens (tertiary/aromatic N) is 7. The normalized spacial score (nSPS) is 28.0. The van der Waals surface area contributed by atoms with Gasteiger partial charge < -0.3 is 25.8 Å². The first kappa shape index (κ1) is 14.4. The minimum absolute atomic E-state index is 0.0601. The Morgan fingerprint density at radius 3 is 2.82 bits per heavy atom. The zero-order chi connectivity index (χ0) is 15.9. The van der Waals surface area contributed by atoms with E-state index in [1.54, 1.807) is 0 Å². The molecule has 2 aromatic heterocycles. The highest BCUT2D eigenvalue weighted by atomic mass is 16.6. The number of hydrogen-bond acceptors (Lipinski definition) is 9. The van der Waals surface area contributed by atoms with Crippen LogP contribution in [0.2, 0.25) is 0 Å². The van der Waals surface area contributed by atoms with Gasteiger partial charge in [-0.25, -0.2) is 15.0 Å². The molecule has 2 aromatic rings. The van der Waals surface area contributed by atoms with Crippen LogP contribution in [0.1, 0.15) is 6.23 Å². The van der Waals surface area contributed by atoms with Crippen molar-refractivity contribution in [3.8, 4) is 0 Å². The van der Waals surface area contributed by atoms with E-state index < -0.39 is 31.1 Å². The van der Waals surface area contributed by atoms with E-state index in [2.05, 4.69) is 25.0 Å². The van der Waals surface area contributed by atoms with Gasteiger partial charge in [0.2, 0.25) is 5.95 Å². The highest BCUT2D eigenvalue weighted by Crippen LogP contribution is 2.35. The smallest absolute Gasteiger partial charge is 0.201 e. The molecule has 1 fully saturated rings. The van der Waals surface area contributed by atoms with Crippen LogP contribution < -0.4 is 5.73 Å². The van der Waals surface area contributed by atoms with Crippen LogP contribution in [0.25, 0.3) is 21.6 Å². The third-order valence-electron chi connectivity index (χ3n) is 3.39. The van der Waals surface area contributed by atoms with Gasteiger partial charge in [0, 0.05) is 4.91 Å². The number of nitrogen functional groups attached to an aromatic ring is 1. The molecule has 3 rings (SSSR count). The summed E-state index contributed by atoms with van der Waals surface area (Å²) < 4.78 is 6.61. The molecule has 0 aliphatic carbocycles. The topological polar surface area (TPSA) is 188 Å². The zero-order valence-corrected chi connectivity index (χ0v) is 11.1. The maximum absolute atomic E-state index is 10.1. The average molecular weight is 308 g/mol. The van der Waals surface area contributed by atoms with E-state index in [1.807, 2.05) is 0 Å². The Hall–Kier alpha value is -2.50. The summed E-state index contributed by atoms with van der Waals surface area (Å²) in [4.78, 5) is 14.4. The Bertz CT molecular complexity index is 757. The largest absolute Gasteiger partial charge is 0.394 e. The predicted octanol–water partition coefficient (Wildman–Crippen LogP) is -1.04. The molecule has 116 valence electrons. The van der Waals surface area contributed by atoms with Crippen LogP contribution in [0, 0.1) is 0 Å². The maximum atomic E-state index is 10.1. The van der Waals surface area contributed by atoms with Gasteiger partial charge in [0.1, 0.15) is 24.6 Å². The van der Waals surface area contributed by atoms with Crippen LogP contribution in [0.4, 0.5) is 11.8 Å². The Morgan fingerprint density at radius 1 is 1.41 bits per heavy atom. The molecule has 12 nitrogen and oxygen atoms in total. The van der Waals surface area contributed by atoms with Crippen LogP contribution in [0.5, 0.6) is 0 Å². The summed E-state index contributed by atoms with van der Waals surface area (Å²) in [7, 11) is 0. The van der Waals surface area contributed by atoms with Crippen molar-refractivity contribution in [2.24, 2.45) is 5.11 Å². The Labute approximate surface area is 122 Å². The lowest BCUT2D eigenvalue weighted by Crippen LogP contribution is -2.33. The molecule has 5 N–H and O–H groups in total. The van der Waals surface area contributed by atoms with Crippen molar-refractivity contribution in [3.63, 3.8) is 0 Å². The first-order valence-corrected chi connectivity index (χ1v) is 6.24. The van der Waals surface area contributed by atoms with Crippen LogP contribution >= 0.6 is 0 Å². The summed E-state index contributed by atoms with van der Waals surface area (Å²) in [6, 6.07) is 0. The third-order valence-corrected chi connectivity index (χ3v) is 3.39. The number of azide groups is 1. The number of aliphatic hydroxyl groups excluding tert-OH is 3. The standard InChI is InChI=1S/C10H12N8O4/c11-7-4-8(14-2-13-7)18(10(15-4)16-17-12)9-6(21)5(20)3(1-19)22-9/h2-3,5-6,9,19-21H,1H2,(H2,11,13,14)/t3-,5+,6+,9+/m0/s1. The summed E-state index contributed by atoms with van der Waals surface area (Å²) in [5.41, 5.74) is 14.7. The fraction of sp³-hybridized carbons (Fsp3) is 0.500. The minimum atomic E-state index is -1.38. The van der Waals surface area contributed by atoms with Gasteiger partial charge in [-0.15, -0.1) is 0 Å². The molecule has 1 saturated heterocycles. The summed E-state index contributed by atoms with van der Waals surface area (Å²) in [6.45, 7) is -0.491. The lowest BCUT2D eigenvalue weighted by Gasteiger charge is -2.17. The van der Waals surface area contributed by atoms with Crippen LogP contribution in [-0.4, -0.2) is 59.8 Å². The average Bonchev–Trinajstić information content (AvgIpc) is 3.00. The van der Waals surface area contributed by atoms with Crippen molar-refractivity contribution in [1.82, 2.24) is 19.5 Å². The van der Waals surface area contributed by atoms with Crippen molar-refractivity contribution < 1.29 is 20.1 Å². The second kappa shape index (κ2) is 5.36. The molecule has 0 saturated carbocycles. The molecule has 0 aromatic carbocycles. The number of hydrogen-bond donors (Lipinski definition) is 4. The summed E-state index contributed by atoms with van der Waals surface area (Å²) >= 11 is 0. The van der Waals surface area contributed by atoms with Gasteiger partial charge in [-0.3, -0.25) is 4.57 Å². The number of imidazole rings is 1. The van der Waals surface area contributed by atoms with Crippen LogP contribution in [0.15, 0.2) is 11.4 Å². The number of anilines is 1. The van der Waals surface area contributed by atoms with Crippen molar-refractivity contribution >= 4 is 22.9 Å². The van der Waals surface area contributed by atoms with Crippen molar-refractivity contribution in [2.75, 3.05) is 12.3 Å². The van der Waals surface area contributed by atoms with Gasteiger partial charge in [-0.1, -0.05) is 0 Å². The number of ether oxygens (including phenoxy) is 1. The third kappa shape index (κ3) is 2.03. The molecule has 0 spiro atoms. The number of rotatable bonds is 3. The highest BCUT2D eigenvalue weighted by Gasteiger charge is 2.44. The molecule has 0 unspecified atom stereocenters. The van der Waals surface area contributed by atoms with E-state index in [0.29, 0.717) is 0 Å². The fourth-order valence-corrected chi connectivity index (χ4v) is 2.35. The fourth-order valence-electron chi connectivity index (χ4n) is 2.35. The number of fused-ring (bicyclic) bond motifs is 1. The lowest BCUT2D eigenvalue weighted by molar-refractivity contribution is -0.0502. The molecule has 12 heteroatoms. The second-order valence-corrected chi connectivity index (χ2v) is 4.63.